The van der Waals surface area contributed by atoms with Crippen LogP contribution in [0.5, 0.6) is 0 Å². The molecule has 3 aromatic heterocycles. The molecule has 0 amide bonds. The van der Waals surface area contributed by atoms with Gasteiger partial charge >= 0.3 is 5.27 Å². The Morgan fingerprint density at radius 1 is 1.25 bits per heavy atom. The molecule has 0 atom stereocenters. The molecular formula is C18H20BIN7O. The maximum Gasteiger partial charge on any atom is 0.361 e. The number of anilines is 1. The molecule has 0 bridgehead atoms. The van der Waals surface area contributed by atoms with E-state index in [1.54, 1.807) is 21.5 Å². The maximum absolute atomic E-state index is 13.2. The average molecular weight is 488 g/mol. The van der Waals surface area contributed by atoms with E-state index in [1.807, 2.05) is 48.9 Å². The molecule has 0 saturated heterocycles. The zero-order valence-electron chi connectivity index (χ0n) is 16.4. The summed E-state index contributed by atoms with van der Waals surface area (Å²) < 4.78 is 5.15. The second kappa shape index (κ2) is 6.91. The summed E-state index contributed by atoms with van der Waals surface area (Å²) in [7, 11) is 5.47. The van der Waals surface area contributed by atoms with Crippen LogP contribution < -0.4 is 10.5 Å². The van der Waals surface area contributed by atoms with Gasteiger partial charge in [-0.1, -0.05) is 6.07 Å². The Morgan fingerprint density at radius 3 is 2.64 bits per heavy atom. The van der Waals surface area contributed by atoms with Crippen LogP contribution >= 0.6 is 22.4 Å². The summed E-state index contributed by atoms with van der Waals surface area (Å²) in [6.45, 7) is 4.91. The highest BCUT2D eigenvalue weighted by Crippen LogP contribution is 2.32. The molecule has 0 unspecified atom stereocenters. The predicted octanol–water partition coefficient (Wildman–Crippen LogP) is 2.36. The number of hydrogen-bond donors (Lipinski definition) is 0. The van der Waals surface area contributed by atoms with Gasteiger partial charge in [-0.15, -0.1) is 22.4 Å². The summed E-state index contributed by atoms with van der Waals surface area (Å²) in [5.41, 5.74) is 3.99. The number of aromatic nitrogens is 6. The molecule has 143 valence electrons. The first-order chi connectivity index (χ1) is 13.4. The molecule has 0 spiro atoms. The van der Waals surface area contributed by atoms with Crippen molar-refractivity contribution in [2.24, 2.45) is 7.05 Å². The van der Waals surface area contributed by atoms with E-state index in [9.17, 15) is 4.79 Å². The number of hydrogen-bond acceptors (Lipinski definition) is 5. The van der Waals surface area contributed by atoms with Gasteiger partial charge in [-0.3, -0.25) is 18.6 Å². The van der Waals surface area contributed by atoms with E-state index >= 15 is 0 Å². The Hall–Kier alpha value is -2.37. The van der Waals surface area contributed by atoms with Crippen LogP contribution in [0.2, 0.25) is 0 Å². The quantitative estimate of drug-likeness (QED) is 0.326. The van der Waals surface area contributed by atoms with E-state index in [1.165, 1.54) is 0 Å². The molecule has 3 heterocycles. The molecule has 0 aliphatic carbocycles. The summed E-state index contributed by atoms with van der Waals surface area (Å²) in [5, 5.41) is 12.7. The molecule has 4 rings (SSSR count). The van der Waals surface area contributed by atoms with Gasteiger partial charge < -0.3 is 4.90 Å². The number of benzene rings is 1. The SMILES string of the molecule is CCn1cc2c(C)c(-c3nn([B]I)c4nc(N(C)C)n(C)c(=O)c34)ccc2n1. The van der Waals surface area contributed by atoms with Crippen LogP contribution in [-0.4, -0.2) is 48.4 Å². The molecule has 4 aromatic rings. The van der Waals surface area contributed by atoms with Crippen LogP contribution in [0.1, 0.15) is 12.5 Å². The van der Waals surface area contributed by atoms with E-state index in [0.29, 0.717) is 22.7 Å². The highest BCUT2D eigenvalue weighted by Gasteiger charge is 2.22. The fourth-order valence-corrected chi connectivity index (χ4v) is 3.90. The number of nitrogens with zero attached hydrogens (tertiary/aromatic N) is 7. The Labute approximate surface area is 176 Å². The van der Waals surface area contributed by atoms with Crippen molar-refractivity contribution in [3.8, 4) is 11.3 Å². The van der Waals surface area contributed by atoms with Crippen molar-refractivity contribution in [1.82, 2.24) is 29.0 Å². The fourth-order valence-electron chi connectivity index (χ4n) is 3.51. The summed E-state index contributed by atoms with van der Waals surface area (Å²) >= 11 is 2.11. The van der Waals surface area contributed by atoms with Gasteiger partial charge in [0, 0.05) is 44.8 Å². The van der Waals surface area contributed by atoms with Gasteiger partial charge in [-0.05, 0) is 25.5 Å². The van der Waals surface area contributed by atoms with Gasteiger partial charge in [0.1, 0.15) is 11.1 Å². The second-order valence-corrected chi connectivity index (χ2v) is 7.47. The second-order valence-electron chi connectivity index (χ2n) is 6.92. The predicted molar refractivity (Wildman–Crippen MR) is 121 cm³/mol. The third-order valence-corrected chi connectivity index (χ3v) is 5.51. The molecule has 0 aliphatic rings. The van der Waals surface area contributed by atoms with Crippen LogP contribution in [0, 0.1) is 6.92 Å². The van der Waals surface area contributed by atoms with Gasteiger partial charge in [0.15, 0.2) is 5.65 Å². The van der Waals surface area contributed by atoms with E-state index in [-0.39, 0.29) is 5.56 Å². The highest BCUT2D eigenvalue weighted by atomic mass is 127. The summed E-state index contributed by atoms with van der Waals surface area (Å²) in [4.78, 5) is 19.7. The lowest BCUT2D eigenvalue weighted by molar-refractivity contribution is 0.668. The zero-order valence-corrected chi connectivity index (χ0v) is 18.6. The Morgan fingerprint density at radius 2 is 2.00 bits per heavy atom. The first-order valence-corrected chi connectivity index (χ1v) is 10.2. The van der Waals surface area contributed by atoms with Crippen molar-refractivity contribution < 1.29 is 0 Å². The molecule has 8 nitrogen and oxygen atoms in total. The Balaban J connectivity index is 2.07. The summed E-state index contributed by atoms with van der Waals surface area (Å²) in [5.74, 6) is 0.583. The summed E-state index contributed by atoms with van der Waals surface area (Å²) in [6.07, 6.45) is 2.04. The van der Waals surface area contributed by atoms with Crippen LogP contribution in [0.4, 0.5) is 5.95 Å². The topological polar surface area (TPSA) is 73.8 Å². The van der Waals surface area contributed by atoms with Crippen molar-refractivity contribution in [2.75, 3.05) is 19.0 Å². The maximum atomic E-state index is 13.2. The van der Waals surface area contributed by atoms with Gasteiger partial charge in [-0.25, -0.2) is 0 Å². The molecule has 0 N–H and O–H groups in total. The number of rotatable bonds is 4. The standard InChI is InChI=1S/C18H20BIN7O/c1-6-26-9-12-10(2)11(7-8-13(12)22-26)15-14-16(27(19-20)23-15)21-18(24(3)4)25(5)17(14)28/h7-9H,6H2,1-5H3. The van der Waals surface area contributed by atoms with Gasteiger partial charge in [0.25, 0.3) is 5.56 Å². The first-order valence-electron chi connectivity index (χ1n) is 8.94. The Bertz CT molecular complexity index is 1270. The van der Waals surface area contributed by atoms with E-state index in [0.717, 1.165) is 28.6 Å². The van der Waals surface area contributed by atoms with E-state index in [2.05, 4.69) is 34.4 Å². The minimum Gasteiger partial charge on any atom is -0.348 e. The first kappa shape index (κ1) is 19.0. The molecule has 1 aromatic carbocycles. The Kier molecular flexibility index (Phi) is 4.68. The minimum absolute atomic E-state index is 0.114. The molecule has 0 saturated carbocycles. The third-order valence-electron chi connectivity index (χ3n) is 4.99. The number of halogens is 1. The normalized spacial score (nSPS) is 11.5. The largest absolute Gasteiger partial charge is 0.361 e. The van der Waals surface area contributed by atoms with Crippen molar-refractivity contribution in [3.05, 3.63) is 34.2 Å². The average Bonchev–Trinajstić information content (AvgIpc) is 3.26. The molecule has 0 fully saturated rings. The minimum atomic E-state index is -0.114. The molecule has 10 heteroatoms. The van der Waals surface area contributed by atoms with Crippen LogP contribution in [0.3, 0.4) is 0 Å². The molecular weight excluding hydrogens is 468 g/mol. The van der Waals surface area contributed by atoms with Crippen molar-refractivity contribution in [1.29, 1.82) is 0 Å². The van der Waals surface area contributed by atoms with Gasteiger partial charge in [-0.2, -0.15) is 15.2 Å². The monoisotopic (exact) mass is 488 g/mol. The van der Waals surface area contributed by atoms with Gasteiger partial charge in [0.05, 0.1) is 5.52 Å². The molecule has 0 aliphatic heterocycles. The number of aryl methyl sites for hydroxylation is 2. The highest BCUT2D eigenvalue weighted by molar-refractivity contribution is 14.1. The van der Waals surface area contributed by atoms with E-state index < -0.39 is 0 Å². The number of fused-ring (bicyclic) bond motifs is 2. The zero-order chi connectivity index (χ0) is 20.2. The lowest BCUT2D eigenvalue weighted by atomic mass is 10.0. The lowest BCUT2D eigenvalue weighted by Crippen LogP contribution is -2.26. The van der Waals surface area contributed by atoms with Crippen LogP contribution in [-0.2, 0) is 13.6 Å². The van der Waals surface area contributed by atoms with Crippen LogP contribution in [0.25, 0.3) is 33.2 Å². The van der Waals surface area contributed by atoms with Crippen LogP contribution in [0.15, 0.2) is 23.1 Å². The lowest BCUT2D eigenvalue weighted by Gasteiger charge is -2.15. The smallest absolute Gasteiger partial charge is 0.348 e. The van der Waals surface area contributed by atoms with Crippen molar-refractivity contribution >= 4 is 55.5 Å². The summed E-state index contributed by atoms with van der Waals surface area (Å²) in [6, 6.07) is 3.97. The van der Waals surface area contributed by atoms with Crippen molar-refractivity contribution in [2.45, 2.75) is 20.4 Å². The fraction of sp³-hybridized carbons (Fsp3) is 0.333. The molecule has 28 heavy (non-hydrogen) atoms. The molecule has 1 radical (unpaired) electrons. The third kappa shape index (κ3) is 2.73. The van der Waals surface area contributed by atoms with Gasteiger partial charge in [0.2, 0.25) is 5.95 Å². The van der Waals surface area contributed by atoms with Crippen molar-refractivity contribution in [3.63, 3.8) is 0 Å². The van der Waals surface area contributed by atoms with E-state index in [4.69, 9.17) is 10.1 Å².